The van der Waals surface area contributed by atoms with Gasteiger partial charge in [0.1, 0.15) is 0 Å². The molecule has 0 fully saturated rings. The van der Waals surface area contributed by atoms with E-state index in [2.05, 4.69) is 13.8 Å². The SMILES string of the molecule is CC1CC(O)C2=C(C1=O)C(C)(CO)CC2(C)C. The number of hydrogen-bond donors (Lipinski definition) is 2. The summed E-state index contributed by atoms with van der Waals surface area (Å²) in [6, 6.07) is 0. The van der Waals surface area contributed by atoms with Crippen molar-refractivity contribution in [2.75, 3.05) is 6.61 Å². The van der Waals surface area contributed by atoms with Crippen LogP contribution < -0.4 is 0 Å². The van der Waals surface area contributed by atoms with Gasteiger partial charge < -0.3 is 10.2 Å². The van der Waals surface area contributed by atoms with Crippen LogP contribution in [0.25, 0.3) is 0 Å². The molecule has 0 saturated heterocycles. The first-order valence-corrected chi connectivity index (χ1v) is 6.31. The van der Waals surface area contributed by atoms with Gasteiger partial charge in [-0.05, 0) is 23.8 Å². The summed E-state index contributed by atoms with van der Waals surface area (Å²) >= 11 is 0. The van der Waals surface area contributed by atoms with Crippen LogP contribution in [0.4, 0.5) is 0 Å². The largest absolute Gasteiger partial charge is 0.395 e. The molecule has 0 aromatic carbocycles. The van der Waals surface area contributed by atoms with E-state index in [1.165, 1.54) is 0 Å². The number of aliphatic hydroxyl groups excluding tert-OH is 2. The maximum atomic E-state index is 12.3. The first-order valence-electron chi connectivity index (χ1n) is 6.31. The lowest BCUT2D eigenvalue weighted by Crippen LogP contribution is -2.35. The van der Waals surface area contributed by atoms with Crippen molar-refractivity contribution in [2.24, 2.45) is 16.7 Å². The minimum Gasteiger partial charge on any atom is -0.395 e. The maximum absolute atomic E-state index is 12.3. The van der Waals surface area contributed by atoms with Gasteiger partial charge >= 0.3 is 0 Å². The van der Waals surface area contributed by atoms with Gasteiger partial charge in [0.15, 0.2) is 5.78 Å². The number of aliphatic hydroxyl groups is 2. The van der Waals surface area contributed by atoms with Crippen molar-refractivity contribution in [3.8, 4) is 0 Å². The summed E-state index contributed by atoms with van der Waals surface area (Å²) in [6.45, 7) is 7.87. The quantitative estimate of drug-likeness (QED) is 0.730. The molecule has 0 aliphatic heterocycles. The average Bonchev–Trinajstić information content (AvgIpc) is 2.43. The molecule has 0 aromatic rings. The summed E-state index contributed by atoms with van der Waals surface area (Å²) in [7, 11) is 0. The summed E-state index contributed by atoms with van der Waals surface area (Å²) in [5, 5.41) is 19.9. The third-order valence-corrected chi connectivity index (χ3v) is 4.39. The van der Waals surface area contributed by atoms with E-state index in [0.717, 1.165) is 12.0 Å². The molecule has 0 saturated carbocycles. The van der Waals surface area contributed by atoms with E-state index in [4.69, 9.17) is 0 Å². The van der Waals surface area contributed by atoms with Gasteiger partial charge in [0.05, 0.1) is 12.7 Å². The fourth-order valence-corrected chi connectivity index (χ4v) is 3.81. The zero-order valence-corrected chi connectivity index (χ0v) is 11.1. The Labute approximate surface area is 103 Å². The number of hydrogen-bond acceptors (Lipinski definition) is 3. The zero-order chi connectivity index (χ0) is 13.0. The number of rotatable bonds is 1. The molecule has 2 N–H and O–H groups in total. The second kappa shape index (κ2) is 3.66. The highest BCUT2D eigenvalue weighted by Gasteiger charge is 2.53. The smallest absolute Gasteiger partial charge is 0.162 e. The molecule has 0 bridgehead atoms. The summed E-state index contributed by atoms with van der Waals surface area (Å²) in [5.74, 6) is -0.0176. The Morgan fingerprint density at radius 1 is 1.35 bits per heavy atom. The van der Waals surface area contributed by atoms with E-state index in [0.29, 0.717) is 12.0 Å². The van der Waals surface area contributed by atoms with Crippen LogP contribution in [0, 0.1) is 16.7 Å². The lowest BCUT2D eigenvalue weighted by molar-refractivity contribution is -0.121. The van der Waals surface area contributed by atoms with Gasteiger partial charge in [0.25, 0.3) is 0 Å². The first kappa shape index (κ1) is 12.8. The van der Waals surface area contributed by atoms with Crippen LogP contribution in [0.1, 0.15) is 40.5 Å². The lowest BCUT2D eigenvalue weighted by atomic mass is 9.74. The van der Waals surface area contributed by atoms with E-state index in [9.17, 15) is 15.0 Å². The molecule has 0 aromatic heterocycles. The molecule has 2 aliphatic rings. The van der Waals surface area contributed by atoms with Gasteiger partial charge in [-0.3, -0.25) is 4.79 Å². The highest BCUT2D eigenvalue weighted by molar-refractivity contribution is 6.01. The molecule has 0 heterocycles. The Morgan fingerprint density at radius 2 is 1.94 bits per heavy atom. The van der Waals surface area contributed by atoms with E-state index >= 15 is 0 Å². The topological polar surface area (TPSA) is 57.5 Å². The molecular weight excluding hydrogens is 216 g/mol. The van der Waals surface area contributed by atoms with Gasteiger partial charge in [0, 0.05) is 16.9 Å². The lowest BCUT2D eigenvalue weighted by Gasteiger charge is -2.32. The van der Waals surface area contributed by atoms with Crippen molar-refractivity contribution in [3.05, 3.63) is 11.1 Å². The number of ketones is 1. The number of carbonyl (C=O) groups excluding carboxylic acids is 1. The van der Waals surface area contributed by atoms with Crippen LogP contribution in [0.5, 0.6) is 0 Å². The molecule has 3 heteroatoms. The Balaban J connectivity index is 2.61. The van der Waals surface area contributed by atoms with Gasteiger partial charge in [-0.15, -0.1) is 0 Å². The van der Waals surface area contributed by atoms with E-state index in [1.807, 2.05) is 13.8 Å². The molecule has 2 aliphatic carbocycles. The van der Waals surface area contributed by atoms with E-state index in [1.54, 1.807) is 0 Å². The molecule has 17 heavy (non-hydrogen) atoms. The highest BCUT2D eigenvalue weighted by atomic mass is 16.3. The van der Waals surface area contributed by atoms with Crippen molar-refractivity contribution in [1.29, 1.82) is 0 Å². The molecule has 0 amide bonds. The van der Waals surface area contributed by atoms with Crippen LogP contribution in [-0.4, -0.2) is 28.7 Å². The van der Waals surface area contributed by atoms with Gasteiger partial charge in [-0.2, -0.15) is 0 Å². The van der Waals surface area contributed by atoms with Crippen LogP contribution in [0.15, 0.2) is 11.1 Å². The number of carbonyl (C=O) groups is 1. The summed E-state index contributed by atoms with van der Waals surface area (Å²) in [5.41, 5.74) is 0.904. The van der Waals surface area contributed by atoms with Crippen molar-refractivity contribution in [3.63, 3.8) is 0 Å². The molecule has 2 rings (SSSR count). The van der Waals surface area contributed by atoms with E-state index < -0.39 is 11.5 Å². The molecule has 0 spiro atoms. The molecule has 3 nitrogen and oxygen atoms in total. The Hall–Kier alpha value is -0.670. The second-order valence-corrected chi connectivity index (χ2v) is 6.58. The van der Waals surface area contributed by atoms with Crippen LogP contribution >= 0.6 is 0 Å². The second-order valence-electron chi connectivity index (χ2n) is 6.58. The summed E-state index contributed by atoms with van der Waals surface area (Å²) < 4.78 is 0. The summed E-state index contributed by atoms with van der Waals surface area (Å²) in [4.78, 5) is 12.3. The predicted octanol–water partition coefficient (Wildman–Crippen LogP) is 1.68. The Morgan fingerprint density at radius 3 is 2.47 bits per heavy atom. The molecule has 96 valence electrons. The van der Waals surface area contributed by atoms with Crippen molar-refractivity contribution in [2.45, 2.75) is 46.6 Å². The first-order chi connectivity index (χ1) is 7.73. The van der Waals surface area contributed by atoms with E-state index in [-0.39, 0.29) is 23.7 Å². The van der Waals surface area contributed by atoms with Crippen LogP contribution in [0.3, 0.4) is 0 Å². The highest BCUT2D eigenvalue weighted by Crippen LogP contribution is 2.56. The third-order valence-electron chi connectivity index (χ3n) is 4.39. The van der Waals surface area contributed by atoms with Gasteiger partial charge in [-0.25, -0.2) is 0 Å². The minimum absolute atomic E-state index is 0.0273. The standard InChI is InChI=1S/C14H22O3/c1-8-5-9(16)10-11(12(8)17)14(4,7-15)6-13(10,2)3/h8-9,15-16H,5-7H2,1-4H3. The maximum Gasteiger partial charge on any atom is 0.162 e. The third kappa shape index (κ3) is 1.67. The Bertz CT molecular complexity index is 394. The fourth-order valence-electron chi connectivity index (χ4n) is 3.81. The Kier molecular flexibility index (Phi) is 2.75. The zero-order valence-electron chi connectivity index (χ0n) is 11.1. The number of Topliss-reactive ketones (excluding diaryl/α,β-unsaturated/α-hetero) is 1. The normalized spacial score (nSPS) is 40.7. The molecule has 0 radical (unpaired) electrons. The fraction of sp³-hybridized carbons (Fsp3) is 0.786. The van der Waals surface area contributed by atoms with Gasteiger partial charge in [0.2, 0.25) is 0 Å². The predicted molar refractivity (Wildman–Crippen MR) is 65.4 cm³/mol. The van der Waals surface area contributed by atoms with Crippen LogP contribution in [0.2, 0.25) is 0 Å². The van der Waals surface area contributed by atoms with Crippen molar-refractivity contribution in [1.82, 2.24) is 0 Å². The average molecular weight is 238 g/mol. The van der Waals surface area contributed by atoms with Crippen molar-refractivity contribution < 1.29 is 15.0 Å². The summed E-state index contributed by atoms with van der Waals surface area (Å²) in [6.07, 6.45) is 0.723. The van der Waals surface area contributed by atoms with Crippen LogP contribution in [-0.2, 0) is 4.79 Å². The monoisotopic (exact) mass is 238 g/mol. The minimum atomic E-state index is -0.527. The molecular formula is C14H22O3. The molecule has 3 unspecified atom stereocenters. The van der Waals surface area contributed by atoms with Gasteiger partial charge in [-0.1, -0.05) is 27.7 Å². The molecule has 3 atom stereocenters. The van der Waals surface area contributed by atoms with Crippen molar-refractivity contribution >= 4 is 5.78 Å².